The Hall–Kier alpha value is -3.29. The second-order valence-electron chi connectivity index (χ2n) is 7.35. The molecular formula is C22H20F3N3O2. The van der Waals surface area contributed by atoms with Crippen LogP contribution >= 0.6 is 0 Å². The first-order chi connectivity index (χ1) is 14.3. The number of benzene rings is 2. The van der Waals surface area contributed by atoms with Crippen LogP contribution in [0.3, 0.4) is 0 Å². The van der Waals surface area contributed by atoms with E-state index in [4.69, 9.17) is 0 Å². The fraction of sp³-hybridized carbons (Fsp3) is 0.273. The average molecular weight is 415 g/mol. The first-order valence-electron chi connectivity index (χ1n) is 9.63. The second-order valence-corrected chi connectivity index (χ2v) is 7.35. The lowest BCUT2D eigenvalue weighted by Crippen LogP contribution is -2.34. The van der Waals surface area contributed by atoms with Crippen molar-refractivity contribution in [2.45, 2.75) is 19.0 Å². The van der Waals surface area contributed by atoms with E-state index in [0.29, 0.717) is 13.0 Å². The zero-order valence-electron chi connectivity index (χ0n) is 16.0. The summed E-state index contributed by atoms with van der Waals surface area (Å²) in [4.78, 5) is 29.3. The van der Waals surface area contributed by atoms with E-state index in [1.807, 2.05) is 30.5 Å². The maximum Gasteiger partial charge on any atom is 0.416 e. The number of rotatable bonds is 5. The summed E-state index contributed by atoms with van der Waals surface area (Å²) < 4.78 is 38.8. The number of anilines is 1. The summed E-state index contributed by atoms with van der Waals surface area (Å²) in [7, 11) is 0. The Labute approximate surface area is 170 Å². The van der Waals surface area contributed by atoms with Crippen molar-refractivity contribution in [3.05, 3.63) is 65.9 Å². The molecule has 0 saturated carbocycles. The van der Waals surface area contributed by atoms with Crippen molar-refractivity contribution < 1.29 is 22.8 Å². The molecule has 0 spiro atoms. The molecule has 0 bridgehead atoms. The van der Waals surface area contributed by atoms with Crippen molar-refractivity contribution in [2.75, 3.05) is 18.0 Å². The Bertz CT molecular complexity index is 1090. The fourth-order valence-electron chi connectivity index (χ4n) is 3.79. The summed E-state index contributed by atoms with van der Waals surface area (Å²) in [6, 6.07) is 12.5. The molecule has 30 heavy (non-hydrogen) atoms. The van der Waals surface area contributed by atoms with E-state index < -0.39 is 17.7 Å². The summed E-state index contributed by atoms with van der Waals surface area (Å²) >= 11 is 0. The minimum Gasteiger partial charge on any atom is -0.361 e. The van der Waals surface area contributed by atoms with Gasteiger partial charge in [0.05, 0.1) is 11.5 Å². The predicted octanol–water partition coefficient (Wildman–Crippen LogP) is 3.90. The molecule has 156 valence electrons. The number of carbonyl (C=O) groups is 2. The van der Waals surface area contributed by atoms with Crippen LogP contribution in [0.25, 0.3) is 10.9 Å². The lowest BCUT2D eigenvalue weighted by Gasteiger charge is -2.18. The van der Waals surface area contributed by atoms with Crippen molar-refractivity contribution in [3.8, 4) is 0 Å². The van der Waals surface area contributed by atoms with Crippen LogP contribution in [0.1, 0.15) is 17.5 Å². The highest BCUT2D eigenvalue weighted by Crippen LogP contribution is 2.33. The summed E-state index contributed by atoms with van der Waals surface area (Å²) in [6.45, 7) is 0.480. The van der Waals surface area contributed by atoms with Crippen LogP contribution in [0.2, 0.25) is 0 Å². The van der Waals surface area contributed by atoms with E-state index in [9.17, 15) is 22.8 Å². The van der Waals surface area contributed by atoms with Gasteiger partial charge in [-0.25, -0.2) is 0 Å². The van der Waals surface area contributed by atoms with Crippen LogP contribution in [0.15, 0.2) is 54.7 Å². The number of carbonyl (C=O) groups excluding carboxylic acids is 2. The highest BCUT2D eigenvalue weighted by molar-refractivity contribution is 6.00. The lowest BCUT2D eigenvalue weighted by atomic mass is 10.1. The van der Waals surface area contributed by atoms with Crippen LogP contribution in [0.4, 0.5) is 18.9 Å². The van der Waals surface area contributed by atoms with E-state index >= 15 is 0 Å². The van der Waals surface area contributed by atoms with Crippen molar-refractivity contribution in [3.63, 3.8) is 0 Å². The van der Waals surface area contributed by atoms with Crippen LogP contribution < -0.4 is 10.2 Å². The minimum atomic E-state index is -4.49. The van der Waals surface area contributed by atoms with Gasteiger partial charge in [0.25, 0.3) is 0 Å². The summed E-state index contributed by atoms with van der Waals surface area (Å²) in [6.07, 6.45) is -1.97. The van der Waals surface area contributed by atoms with Gasteiger partial charge >= 0.3 is 6.18 Å². The standard InChI is InChI=1S/C22H20F3N3O2/c23-22(24,25)16-4-3-5-17(11-16)28-13-15(10-20(28)29)21(30)26-9-8-14-12-27-19-7-2-1-6-18(14)19/h1-7,11-12,15,27H,8-10,13H2,(H,26,30)/t15-/m0/s1. The largest absolute Gasteiger partial charge is 0.416 e. The quantitative estimate of drug-likeness (QED) is 0.664. The Morgan fingerprint density at radius 3 is 2.77 bits per heavy atom. The number of aromatic amines is 1. The van der Waals surface area contributed by atoms with Gasteiger partial charge in [0.15, 0.2) is 0 Å². The molecule has 1 fully saturated rings. The third-order valence-electron chi connectivity index (χ3n) is 5.35. The number of aromatic nitrogens is 1. The van der Waals surface area contributed by atoms with E-state index in [2.05, 4.69) is 10.3 Å². The number of nitrogens with zero attached hydrogens (tertiary/aromatic N) is 1. The molecule has 2 N–H and O–H groups in total. The van der Waals surface area contributed by atoms with Gasteiger partial charge in [-0.3, -0.25) is 9.59 Å². The minimum absolute atomic E-state index is 0.0187. The molecule has 1 aromatic heterocycles. The fourth-order valence-corrected chi connectivity index (χ4v) is 3.79. The lowest BCUT2D eigenvalue weighted by molar-refractivity contribution is -0.137. The molecule has 1 aliphatic heterocycles. The molecule has 0 aliphatic carbocycles. The topological polar surface area (TPSA) is 65.2 Å². The molecule has 0 radical (unpaired) electrons. The van der Waals surface area contributed by atoms with Gasteiger partial charge in [-0.2, -0.15) is 13.2 Å². The normalized spacial score (nSPS) is 17.0. The molecule has 1 saturated heterocycles. The average Bonchev–Trinajstić information content (AvgIpc) is 3.31. The number of hydrogen-bond acceptors (Lipinski definition) is 2. The molecule has 0 unspecified atom stereocenters. The maximum atomic E-state index is 12.9. The summed E-state index contributed by atoms with van der Waals surface area (Å²) in [5, 5.41) is 3.94. The molecule has 8 heteroatoms. The maximum absolute atomic E-state index is 12.9. The van der Waals surface area contributed by atoms with Gasteiger partial charge in [-0.1, -0.05) is 24.3 Å². The number of amides is 2. The number of hydrogen-bond donors (Lipinski definition) is 2. The van der Waals surface area contributed by atoms with Crippen LogP contribution in [0, 0.1) is 5.92 Å². The highest BCUT2D eigenvalue weighted by atomic mass is 19.4. The summed E-state index contributed by atoms with van der Waals surface area (Å²) in [5.41, 5.74) is 1.44. The van der Waals surface area contributed by atoms with Gasteiger partial charge in [0, 0.05) is 42.3 Å². The Kier molecular flexibility index (Phi) is 5.24. The van der Waals surface area contributed by atoms with Crippen molar-refractivity contribution in [1.82, 2.24) is 10.3 Å². The number of fused-ring (bicyclic) bond motifs is 1. The molecule has 2 heterocycles. The first-order valence-corrected chi connectivity index (χ1v) is 9.63. The second kappa shape index (κ2) is 7.85. The number of alkyl halides is 3. The van der Waals surface area contributed by atoms with Gasteiger partial charge in [-0.05, 0) is 36.2 Å². The number of nitrogens with one attached hydrogen (secondary N) is 2. The van der Waals surface area contributed by atoms with Crippen LogP contribution in [0.5, 0.6) is 0 Å². The van der Waals surface area contributed by atoms with Gasteiger partial charge in [-0.15, -0.1) is 0 Å². The van der Waals surface area contributed by atoms with Crippen molar-refractivity contribution in [1.29, 1.82) is 0 Å². The zero-order valence-corrected chi connectivity index (χ0v) is 16.0. The Morgan fingerprint density at radius 1 is 1.17 bits per heavy atom. The van der Waals surface area contributed by atoms with Crippen molar-refractivity contribution in [2.24, 2.45) is 5.92 Å². The van der Waals surface area contributed by atoms with Crippen LogP contribution in [-0.2, 0) is 22.2 Å². The van der Waals surface area contributed by atoms with E-state index in [-0.39, 0.29) is 30.5 Å². The smallest absolute Gasteiger partial charge is 0.361 e. The zero-order chi connectivity index (χ0) is 21.3. The molecule has 2 aromatic carbocycles. The van der Waals surface area contributed by atoms with Gasteiger partial charge in [0.2, 0.25) is 11.8 Å². The number of para-hydroxylation sites is 1. The predicted molar refractivity (Wildman–Crippen MR) is 107 cm³/mol. The van der Waals surface area contributed by atoms with E-state index in [0.717, 1.165) is 28.6 Å². The molecule has 3 aromatic rings. The van der Waals surface area contributed by atoms with Crippen molar-refractivity contribution >= 4 is 28.4 Å². The highest BCUT2D eigenvalue weighted by Gasteiger charge is 2.36. The monoisotopic (exact) mass is 415 g/mol. The van der Waals surface area contributed by atoms with E-state index in [1.165, 1.54) is 17.0 Å². The molecule has 4 rings (SSSR count). The summed E-state index contributed by atoms with van der Waals surface area (Å²) in [5.74, 6) is -1.21. The third kappa shape index (κ3) is 4.03. The number of H-pyrrole nitrogens is 1. The van der Waals surface area contributed by atoms with Gasteiger partial charge < -0.3 is 15.2 Å². The number of halogens is 3. The Balaban J connectivity index is 1.36. The SMILES string of the molecule is O=C(NCCc1c[nH]c2ccccc12)[C@H]1CC(=O)N(c2cccc(C(F)(F)F)c2)C1. The first kappa shape index (κ1) is 20.0. The van der Waals surface area contributed by atoms with E-state index in [1.54, 1.807) is 0 Å². The molecule has 2 amide bonds. The molecular weight excluding hydrogens is 395 g/mol. The molecule has 1 aliphatic rings. The third-order valence-corrected chi connectivity index (χ3v) is 5.35. The molecule has 5 nitrogen and oxygen atoms in total. The molecule has 1 atom stereocenters. The van der Waals surface area contributed by atoms with Crippen LogP contribution in [-0.4, -0.2) is 29.9 Å². The Morgan fingerprint density at radius 2 is 1.97 bits per heavy atom. The van der Waals surface area contributed by atoms with Gasteiger partial charge in [0.1, 0.15) is 0 Å².